The highest BCUT2D eigenvalue weighted by Crippen LogP contribution is 2.48. The second-order valence-corrected chi connectivity index (χ2v) is 9.55. The molecule has 0 saturated carbocycles. The molecule has 144 valence electrons. The summed E-state index contributed by atoms with van der Waals surface area (Å²) in [5, 5.41) is 0.509. The zero-order chi connectivity index (χ0) is 20.1. The molecule has 0 radical (unpaired) electrons. The maximum Gasteiger partial charge on any atom is 0.447 e. The zero-order valence-corrected chi connectivity index (χ0v) is 17.4. The molecule has 2 heterocycles. The fraction of sp³-hybridized carbons (Fsp3) is 0.211. The van der Waals surface area contributed by atoms with E-state index in [1.165, 1.54) is 11.8 Å². The van der Waals surface area contributed by atoms with Crippen molar-refractivity contribution in [1.82, 2.24) is 9.31 Å². The van der Waals surface area contributed by atoms with Gasteiger partial charge in [0.1, 0.15) is 4.32 Å². The van der Waals surface area contributed by atoms with Crippen LogP contribution in [0, 0.1) is 0 Å². The highest BCUT2D eigenvalue weighted by molar-refractivity contribution is 8.24. The average molecular weight is 434 g/mol. The largest absolute Gasteiger partial charge is 0.447 e. The Balaban J connectivity index is 1.88. The van der Waals surface area contributed by atoms with E-state index >= 15 is 0 Å². The van der Waals surface area contributed by atoms with Crippen LogP contribution in [-0.4, -0.2) is 18.4 Å². The highest BCUT2D eigenvalue weighted by atomic mass is 35.5. The van der Waals surface area contributed by atoms with Gasteiger partial charge in [-0.1, -0.05) is 53.8 Å². The molecule has 3 aromatic rings. The van der Waals surface area contributed by atoms with Crippen LogP contribution >= 0.6 is 35.6 Å². The molecule has 0 spiro atoms. The highest BCUT2D eigenvalue weighted by Gasteiger charge is 2.49. The van der Waals surface area contributed by atoms with Gasteiger partial charge >= 0.3 is 11.4 Å². The van der Waals surface area contributed by atoms with Crippen LogP contribution < -0.4 is 16.3 Å². The number of para-hydroxylation sites is 1. The summed E-state index contributed by atoms with van der Waals surface area (Å²) in [4.78, 5) is 27.5. The van der Waals surface area contributed by atoms with Gasteiger partial charge in [-0.05, 0) is 50.2 Å². The molecule has 2 aromatic carbocycles. The SMILES string of the molecule is CC1(C)SC(=S)N(c2ccccc2)C1n1oc(=O)n(-c2ccc(Cl)cc2)c1=O. The Morgan fingerprint density at radius 2 is 1.68 bits per heavy atom. The van der Waals surface area contributed by atoms with Crippen LogP contribution in [0.4, 0.5) is 5.69 Å². The molecule has 4 rings (SSSR count). The average Bonchev–Trinajstić information content (AvgIpc) is 3.07. The predicted octanol–water partition coefficient (Wildman–Crippen LogP) is 4.06. The Kier molecular flexibility index (Phi) is 4.73. The van der Waals surface area contributed by atoms with Crippen LogP contribution in [-0.2, 0) is 0 Å². The summed E-state index contributed by atoms with van der Waals surface area (Å²) in [7, 11) is 0. The maximum absolute atomic E-state index is 13.2. The number of thioether (sulfide) groups is 1. The van der Waals surface area contributed by atoms with Gasteiger partial charge in [-0.25, -0.2) is 9.59 Å². The lowest BCUT2D eigenvalue weighted by Crippen LogP contribution is -2.42. The van der Waals surface area contributed by atoms with Crippen LogP contribution in [0.3, 0.4) is 0 Å². The number of halogens is 1. The molecular formula is C19H16ClN3O3S2. The normalized spacial score (nSPS) is 18.6. The van der Waals surface area contributed by atoms with Gasteiger partial charge in [0.25, 0.3) is 0 Å². The van der Waals surface area contributed by atoms with Crippen molar-refractivity contribution in [1.29, 1.82) is 0 Å². The van der Waals surface area contributed by atoms with Crippen molar-refractivity contribution < 1.29 is 4.52 Å². The van der Waals surface area contributed by atoms with Gasteiger partial charge in [-0.15, -0.1) is 4.74 Å². The quantitative estimate of drug-likeness (QED) is 0.580. The van der Waals surface area contributed by atoms with Gasteiger partial charge in [0, 0.05) is 10.7 Å². The lowest BCUT2D eigenvalue weighted by molar-refractivity contribution is 0.182. The van der Waals surface area contributed by atoms with Crippen LogP contribution in [0.15, 0.2) is 68.7 Å². The van der Waals surface area contributed by atoms with E-state index in [0.29, 0.717) is 15.0 Å². The molecule has 1 aromatic heterocycles. The number of hydrogen-bond donors (Lipinski definition) is 0. The number of nitrogens with zero attached hydrogens (tertiary/aromatic N) is 3. The number of anilines is 1. The predicted molar refractivity (Wildman–Crippen MR) is 116 cm³/mol. The summed E-state index contributed by atoms with van der Waals surface area (Å²) >= 11 is 12.9. The van der Waals surface area contributed by atoms with Crippen LogP contribution in [0.1, 0.15) is 20.0 Å². The van der Waals surface area contributed by atoms with Crippen LogP contribution in [0.2, 0.25) is 5.02 Å². The van der Waals surface area contributed by atoms with Gasteiger partial charge in [0.15, 0.2) is 6.17 Å². The van der Waals surface area contributed by atoms with E-state index in [2.05, 4.69) is 0 Å². The van der Waals surface area contributed by atoms with Crippen molar-refractivity contribution in [3.8, 4) is 5.69 Å². The second-order valence-electron chi connectivity index (χ2n) is 6.83. The van der Waals surface area contributed by atoms with Crippen LogP contribution in [0.25, 0.3) is 5.69 Å². The van der Waals surface area contributed by atoms with Crippen molar-refractivity contribution in [2.45, 2.75) is 24.8 Å². The minimum Gasteiger partial charge on any atom is -0.314 e. The smallest absolute Gasteiger partial charge is 0.314 e. The first kappa shape index (κ1) is 19.0. The lowest BCUT2D eigenvalue weighted by atomic mass is 10.1. The van der Waals surface area contributed by atoms with Crippen molar-refractivity contribution >= 4 is 45.6 Å². The molecule has 1 atom stereocenters. The van der Waals surface area contributed by atoms with Crippen molar-refractivity contribution in [2.75, 3.05) is 4.90 Å². The molecule has 1 saturated heterocycles. The number of aromatic nitrogens is 2. The molecule has 0 bridgehead atoms. The molecule has 1 aliphatic rings. The Morgan fingerprint density at radius 1 is 1.04 bits per heavy atom. The molecule has 0 N–H and O–H groups in total. The van der Waals surface area contributed by atoms with Crippen molar-refractivity contribution in [3.05, 3.63) is 80.7 Å². The van der Waals surface area contributed by atoms with Gasteiger partial charge in [-0.2, -0.15) is 4.57 Å². The Morgan fingerprint density at radius 3 is 2.32 bits per heavy atom. The van der Waals surface area contributed by atoms with E-state index in [1.54, 1.807) is 24.3 Å². The molecule has 0 amide bonds. The zero-order valence-electron chi connectivity index (χ0n) is 15.0. The van der Waals surface area contributed by atoms with Gasteiger partial charge in [0.2, 0.25) is 0 Å². The number of thiocarbonyl (C=S) groups is 1. The van der Waals surface area contributed by atoms with E-state index in [4.69, 9.17) is 28.3 Å². The first-order valence-electron chi connectivity index (χ1n) is 8.48. The standard InChI is InChI=1S/C19H16ClN3O3S2/c1-19(2)15(21(18(27)28-19)13-6-4-3-5-7-13)23-16(24)22(17(25)26-23)14-10-8-12(20)9-11-14/h3-11,15H,1-2H3. The molecule has 1 unspecified atom stereocenters. The summed E-state index contributed by atoms with van der Waals surface area (Å²) in [5.74, 6) is -0.765. The first-order chi connectivity index (χ1) is 13.3. The second kappa shape index (κ2) is 6.95. The molecule has 6 nitrogen and oxygen atoms in total. The summed E-state index contributed by atoms with van der Waals surface area (Å²) < 4.78 is 7.61. The van der Waals surface area contributed by atoms with Gasteiger partial charge in [-0.3, -0.25) is 0 Å². The number of hydrogen-bond acceptors (Lipinski definition) is 5. The minimum atomic E-state index is -0.765. The van der Waals surface area contributed by atoms with E-state index in [-0.39, 0.29) is 0 Å². The van der Waals surface area contributed by atoms with E-state index in [1.807, 2.05) is 49.1 Å². The van der Waals surface area contributed by atoms with E-state index in [9.17, 15) is 9.59 Å². The minimum absolute atomic E-state index is 0.388. The third kappa shape index (κ3) is 3.11. The Hall–Kier alpha value is -2.29. The fourth-order valence-electron chi connectivity index (χ4n) is 3.26. The molecule has 28 heavy (non-hydrogen) atoms. The third-order valence-electron chi connectivity index (χ3n) is 4.49. The third-order valence-corrected chi connectivity index (χ3v) is 6.30. The molecular weight excluding hydrogens is 418 g/mol. The molecule has 9 heteroatoms. The van der Waals surface area contributed by atoms with Crippen molar-refractivity contribution in [3.63, 3.8) is 0 Å². The molecule has 1 fully saturated rings. The summed E-state index contributed by atoms with van der Waals surface area (Å²) in [6.07, 6.45) is -0.596. The Bertz CT molecular complexity index is 1150. The Labute approximate surface area is 175 Å². The van der Waals surface area contributed by atoms with Gasteiger partial charge < -0.3 is 9.42 Å². The number of benzene rings is 2. The van der Waals surface area contributed by atoms with Crippen LogP contribution in [0.5, 0.6) is 0 Å². The molecule has 1 aliphatic heterocycles. The summed E-state index contributed by atoms with van der Waals surface area (Å²) in [5.41, 5.74) is 0.639. The topological polar surface area (TPSA) is 60.4 Å². The molecule has 0 aliphatic carbocycles. The number of rotatable bonds is 3. The van der Waals surface area contributed by atoms with Gasteiger partial charge in [0.05, 0.1) is 10.4 Å². The fourth-order valence-corrected chi connectivity index (χ4v) is 5.30. The lowest BCUT2D eigenvalue weighted by Gasteiger charge is -2.30. The van der Waals surface area contributed by atoms with E-state index in [0.717, 1.165) is 15.0 Å². The van der Waals surface area contributed by atoms with Crippen molar-refractivity contribution in [2.24, 2.45) is 0 Å². The summed E-state index contributed by atoms with van der Waals surface area (Å²) in [6, 6.07) is 15.9. The first-order valence-corrected chi connectivity index (χ1v) is 10.1. The maximum atomic E-state index is 13.2. The summed E-state index contributed by atoms with van der Waals surface area (Å²) in [6.45, 7) is 3.92. The monoisotopic (exact) mass is 433 g/mol. The van der Waals surface area contributed by atoms with E-state index < -0.39 is 22.4 Å².